The molecule has 0 fully saturated rings. The summed E-state index contributed by atoms with van der Waals surface area (Å²) in [5.41, 5.74) is 10.8. The highest BCUT2D eigenvalue weighted by Crippen LogP contribution is 2.49. The zero-order chi connectivity index (χ0) is 37.2. The highest BCUT2D eigenvalue weighted by Gasteiger charge is 2.26. The molecule has 0 aliphatic carbocycles. The van der Waals surface area contributed by atoms with Crippen molar-refractivity contribution in [1.29, 1.82) is 0 Å². The lowest BCUT2D eigenvalue weighted by Crippen LogP contribution is -2.04. The third-order valence-electron chi connectivity index (χ3n) is 11.9. The molecule has 0 spiro atoms. The number of aromatic nitrogens is 4. The van der Waals surface area contributed by atoms with E-state index in [9.17, 15) is 0 Å². The normalized spacial score (nSPS) is 12.2. The Labute approximate surface area is 325 Å². The molecule has 0 unspecified atom stereocenters. The molecule has 4 aromatic heterocycles. The lowest BCUT2D eigenvalue weighted by molar-refractivity contribution is 0.670. The molecule has 5 heteroatoms. The predicted molar refractivity (Wildman–Crippen MR) is 235 cm³/mol. The molecule has 13 rings (SSSR count). The Morgan fingerprint density at radius 2 is 0.965 bits per heavy atom. The first-order valence-electron chi connectivity index (χ1n) is 19.3. The summed E-state index contributed by atoms with van der Waals surface area (Å²) in [5.74, 6) is 0.601. The molecule has 0 saturated carbocycles. The van der Waals surface area contributed by atoms with E-state index in [1.54, 1.807) is 0 Å². The summed E-state index contributed by atoms with van der Waals surface area (Å²) in [6, 6.07) is 64.5. The Kier molecular flexibility index (Phi) is 6.10. The maximum Gasteiger partial charge on any atom is 0.235 e. The molecule has 0 N–H and O–H groups in total. The summed E-state index contributed by atoms with van der Waals surface area (Å²) < 4.78 is 11.3. The van der Waals surface area contributed by atoms with Crippen LogP contribution in [0.1, 0.15) is 0 Å². The first kappa shape index (κ1) is 30.6. The Morgan fingerprint density at radius 1 is 0.368 bits per heavy atom. The standard InChI is InChI=1S/C52H30N4O/c1-3-15-31(16-4-1)40-29-41(38-25-13-24-37-34-20-10-12-28-46(34)57-51(37)38)54-52(53-40)56-42-26-11-9-22-39(42)48-44(56)30-45-50-47-35(33-19-7-8-21-36(33)49(48)50)23-14-27-43(47)55(45)32-17-5-2-6-18-32/h1-30H. The van der Waals surface area contributed by atoms with Crippen LogP contribution in [0.3, 0.4) is 0 Å². The highest BCUT2D eigenvalue weighted by molar-refractivity contribution is 6.41. The van der Waals surface area contributed by atoms with Crippen LogP contribution >= 0.6 is 0 Å². The zero-order valence-electron chi connectivity index (χ0n) is 30.5. The van der Waals surface area contributed by atoms with Crippen LogP contribution in [0.15, 0.2) is 186 Å². The van der Waals surface area contributed by atoms with Gasteiger partial charge in [-0.2, -0.15) is 0 Å². The van der Waals surface area contributed by atoms with Gasteiger partial charge < -0.3 is 8.98 Å². The van der Waals surface area contributed by atoms with Gasteiger partial charge in [0.15, 0.2) is 0 Å². The van der Waals surface area contributed by atoms with Crippen molar-refractivity contribution in [2.75, 3.05) is 0 Å². The SMILES string of the molecule is c1ccc(-c2cc(-c3cccc4c3oc3ccccc34)nc(-n3c4ccccc4c4c5c6ccccc6c6cccc7c6c5c(cc43)n7-c3ccccc3)n2)cc1. The molecule has 9 aromatic carbocycles. The third kappa shape index (κ3) is 4.17. The van der Waals surface area contributed by atoms with E-state index in [-0.39, 0.29) is 0 Å². The molecule has 0 bridgehead atoms. The van der Waals surface area contributed by atoms with Crippen LogP contribution in [0.5, 0.6) is 0 Å². The summed E-state index contributed by atoms with van der Waals surface area (Å²) in [4.78, 5) is 10.9. The van der Waals surface area contributed by atoms with E-state index in [1.807, 2.05) is 18.2 Å². The molecule has 0 amide bonds. The van der Waals surface area contributed by atoms with Crippen molar-refractivity contribution in [3.8, 4) is 34.2 Å². The second-order valence-corrected chi connectivity index (χ2v) is 14.9. The summed E-state index contributed by atoms with van der Waals surface area (Å²) in [6.45, 7) is 0. The Morgan fingerprint density at radius 3 is 1.82 bits per heavy atom. The lowest BCUT2D eigenvalue weighted by Gasteiger charge is -2.13. The smallest absolute Gasteiger partial charge is 0.235 e. The molecule has 264 valence electrons. The van der Waals surface area contributed by atoms with Crippen LogP contribution in [0.25, 0.3) is 121 Å². The Bertz CT molecular complexity index is 3740. The molecule has 0 saturated heterocycles. The fourth-order valence-corrected chi connectivity index (χ4v) is 9.54. The number of rotatable bonds is 4. The van der Waals surface area contributed by atoms with Gasteiger partial charge in [-0.3, -0.25) is 4.57 Å². The van der Waals surface area contributed by atoms with Crippen LogP contribution in [0.4, 0.5) is 0 Å². The number of fused-ring (bicyclic) bond motifs is 10. The van der Waals surface area contributed by atoms with E-state index in [0.717, 1.165) is 72.1 Å². The van der Waals surface area contributed by atoms with Crippen LogP contribution in [0, 0.1) is 0 Å². The van der Waals surface area contributed by atoms with E-state index < -0.39 is 0 Å². The number of hydrogen-bond donors (Lipinski definition) is 0. The maximum atomic E-state index is 6.59. The Balaban J connectivity index is 1.22. The maximum absolute atomic E-state index is 6.59. The van der Waals surface area contributed by atoms with Gasteiger partial charge in [0.1, 0.15) is 11.2 Å². The van der Waals surface area contributed by atoms with Gasteiger partial charge in [0.2, 0.25) is 5.95 Å². The molecule has 5 nitrogen and oxygen atoms in total. The molecular weight excluding hydrogens is 697 g/mol. The molecule has 0 aliphatic rings. The van der Waals surface area contributed by atoms with Gasteiger partial charge in [0.05, 0.1) is 33.5 Å². The molecule has 0 aliphatic heterocycles. The minimum Gasteiger partial charge on any atom is -0.455 e. The van der Waals surface area contributed by atoms with Gasteiger partial charge >= 0.3 is 0 Å². The first-order valence-corrected chi connectivity index (χ1v) is 19.3. The third-order valence-corrected chi connectivity index (χ3v) is 11.9. The van der Waals surface area contributed by atoms with Crippen molar-refractivity contribution >= 4 is 87.1 Å². The van der Waals surface area contributed by atoms with E-state index in [1.165, 1.54) is 43.2 Å². The van der Waals surface area contributed by atoms with Gasteiger partial charge in [-0.15, -0.1) is 0 Å². The van der Waals surface area contributed by atoms with Crippen molar-refractivity contribution in [3.05, 3.63) is 182 Å². The van der Waals surface area contributed by atoms with E-state index >= 15 is 0 Å². The van der Waals surface area contributed by atoms with Crippen molar-refractivity contribution in [2.24, 2.45) is 0 Å². The van der Waals surface area contributed by atoms with Crippen molar-refractivity contribution in [1.82, 2.24) is 19.1 Å². The first-order chi connectivity index (χ1) is 28.3. The highest BCUT2D eigenvalue weighted by atomic mass is 16.3. The van der Waals surface area contributed by atoms with Crippen molar-refractivity contribution in [2.45, 2.75) is 0 Å². The van der Waals surface area contributed by atoms with Gasteiger partial charge in [-0.25, -0.2) is 9.97 Å². The molecule has 13 aromatic rings. The average Bonchev–Trinajstić information content (AvgIpc) is 3.94. The number of benzene rings is 9. The summed E-state index contributed by atoms with van der Waals surface area (Å²) >= 11 is 0. The molecular formula is C52H30N4O. The summed E-state index contributed by atoms with van der Waals surface area (Å²) in [5, 5.41) is 12.1. The number of hydrogen-bond acceptors (Lipinski definition) is 3. The fraction of sp³-hybridized carbons (Fsp3) is 0. The lowest BCUT2D eigenvalue weighted by atomic mass is 9.92. The zero-order valence-corrected chi connectivity index (χ0v) is 30.5. The van der Waals surface area contributed by atoms with Crippen molar-refractivity contribution in [3.63, 3.8) is 0 Å². The minimum atomic E-state index is 0.601. The topological polar surface area (TPSA) is 48.8 Å². The van der Waals surface area contributed by atoms with Gasteiger partial charge in [-0.1, -0.05) is 133 Å². The molecule has 57 heavy (non-hydrogen) atoms. The number of nitrogens with zero attached hydrogens (tertiary/aromatic N) is 4. The van der Waals surface area contributed by atoms with Gasteiger partial charge in [0.25, 0.3) is 0 Å². The monoisotopic (exact) mass is 726 g/mol. The number of furan rings is 1. The molecule has 0 atom stereocenters. The van der Waals surface area contributed by atoms with Crippen molar-refractivity contribution < 1.29 is 4.42 Å². The molecule has 4 heterocycles. The second-order valence-electron chi connectivity index (χ2n) is 14.9. The van der Waals surface area contributed by atoms with Gasteiger partial charge in [0, 0.05) is 54.5 Å². The summed E-state index contributed by atoms with van der Waals surface area (Å²) in [7, 11) is 0. The average molecular weight is 727 g/mol. The molecule has 0 radical (unpaired) electrons. The largest absolute Gasteiger partial charge is 0.455 e. The van der Waals surface area contributed by atoms with Gasteiger partial charge in [-0.05, 0) is 64.7 Å². The van der Waals surface area contributed by atoms with Crippen LogP contribution in [-0.2, 0) is 0 Å². The van der Waals surface area contributed by atoms with Crippen LogP contribution < -0.4 is 0 Å². The summed E-state index contributed by atoms with van der Waals surface area (Å²) in [6.07, 6.45) is 0. The van der Waals surface area contributed by atoms with E-state index in [4.69, 9.17) is 14.4 Å². The predicted octanol–water partition coefficient (Wildman–Crippen LogP) is 13.6. The van der Waals surface area contributed by atoms with Crippen LogP contribution in [0.2, 0.25) is 0 Å². The van der Waals surface area contributed by atoms with Crippen LogP contribution in [-0.4, -0.2) is 19.1 Å². The fourth-order valence-electron chi connectivity index (χ4n) is 9.54. The Hall–Kier alpha value is -7.76. The second kappa shape index (κ2) is 11.4. The van der Waals surface area contributed by atoms with E-state index in [2.05, 4.69) is 173 Å². The minimum absolute atomic E-state index is 0.601. The number of para-hydroxylation sites is 4. The van der Waals surface area contributed by atoms with E-state index in [0.29, 0.717) is 5.95 Å². The quantitative estimate of drug-likeness (QED) is 0.170.